The van der Waals surface area contributed by atoms with Gasteiger partial charge < -0.3 is 15.2 Å². The second-order valence-electron chi connectivity index (χ2n) is 6.44. The first-order valence-electron chi connectivity index (χ1n) is 8.35. The summed E-state index contributed by atoms with van der Waals surface area (Å²) in [7, 11) is 0. The molecule has 0 spiro atoms. The Kier molecular flexibility index (Phi) is 4.51. The fraction of sp³-hybridized carbons (Fsp3) is 0.529. The molecular formula is C17H22N4O3. The maximum absolute atomic E-state index is 12.9. The summed E-state index contributed by atoms with van der Waals surface area (Å²) in [5, 5.41) is 4.80. The second-order valence-corrected chi connectivity index (χ2v) is 6.44. The number of primary amides is 1. The van der Waals surface area contributed by atoms with Crippen LogP contribution in [0, 0.1) is 5.92 Å². The maximum atomic E-state index is 12.9. The molecule has 0 saturated carbocycles. The molecule has 0 radical (unpaired) electrons. The molecule has 2 aromatic rings. The quantitative estimate of drug-likeness (QED) is 0.922. The molecule has 7 heteroatoms. The Hall–Kier alpha value is -2.44. The lowest BCUT2D eigenvalue weighted by Gasteiger charge is -2.36. The zero-order chi connectivity index (χ0) is 17.3. The number of hydrogen-bond donors (Lipinski definition) is 1. The first-order valence-corrected chi connectivity index (χ1v) is 8.35. The number of aromatic nitrogens is 2. The molecule has 7 nitrogen and oxygen atoms in total. The Morgan fingerprint density at radius 3 is 2.92 bits per heavy atom. The van der Waals surface area contributed by atoms with Gasteiger partial charge in [0, 0.05) is 18.8 Å². The van der Waals surface area contributed by atoms with Crippen molar-refractivity contribution < 1.29 is 14.1 Å². The molecule has 3 rings (SSSR count). The number of amides is 2. The van der Waals surface area contributed by atoms with Crippen molar-refractivity contribution >= 4 is 22.9 Å². The fourth-order valence-corrected chi connectivity index (χ4v) is 3.20. The summed E-state index contributed by atoms with van der Waals surface area (Å²) in [6.45, 7) is 4.41. The number of piperidine rings is 1. The molecule has 128 valence electrons. The lowest BCUT2D eigenvalue weighted by Crippen LogP contribution is -2.48. The van der Waals surface area contributed by atoms with Gasteiger partial charge in [0.2, 0.25) is 5.91 Å². The molecule has 3 heterocycles. The molecule has 24 heavy (non-hydrogen) atoms. The SMILES string of the molecule is CCCc1noc2ncc(C(=O)N3C[C@H](C(N)=O)CC[C@@H]3C)cc12. The van der Waals surface area contributed by atoms with E-state index in [9.17, 15) is 9.59 Å². The maximum Gasteiger partial charge on any atom is 0.257 e. The van der Waals surface area contributed by atoms with Crippen LogP contribution < -0.4 is 5.73 Å². The third-order valence-corrected chi connectivity index (χ3v) is 4.68. The Morgan fingerprint density at radius 2 is 2.21 bits per heavy atom. The van der Waals surface area contributed by atoms with E-state index in [0.29, 0.717) is 17.8 Å². The highest BCUT2D eigenvalue weighted by molar-refractivity contribution is 5.97. The molecule has 2 amide bonds. The average molecular weight is 330 g/mol. The minimum absolute atomic E-state index is 0.0707. The van der Waals surface area contributed by atoms with Gasteiger partial charge in [0.15, 0.2) is 0 Å². The normalized spacial score (nSPS) is 21.2. The highest BCUT2D eigenvalue weighted by Gasteiger charge is 2.32. The lowest BCUT2D eigenvalue weighted by molar-refractivity contribution is -0.123. The molecule has 1 saturated heterocycles. The molecule has 1 fully saturated rings. The van der Waals surface area contributed by atoms with E-state index in [1.54, 1.807) is 11.0 Å². The molecule has 0 unspecified atom stereocenters. The van der Waals surface area contributed by atoms with Crippen LogP contribution in [0.4, 0.5) is 0 Å². The van der Waals surface area contributed by atoms with Crippen molar-refractivity contribution in [1.29, 1.82) is 0 Å². The summed E-state index contributed by atoms with van der Waals surface area (Å²) in [6.07, 6.45) is 4.71. The lowest BCUT2D eigenvalue weighted by atomic mass is 9.92. The molecule has 0 aliphatic carbocycles. The largest absolute Gasteiger partial charge is 0.369 e. The number of nitrogens with zero attached hydrogens (tertiary/aromatic N) is 3. The molecule has 1 aliphatic heterocycles. The molecule has 0 aromatic carbocycles. The highest BCUT2D eigenvalue weighted by Crippen LogP contribution is 2.25. The van der Waals surface area contributed by atoms with Crippen molar-refractivity contribution in [2.75, 3.05) is 6.54 Å². The molecule has 2 aromatic heterocycles. The van der Waals surface area contributed by atoms with E-state index in [2.05, 4.69) is 17.1 Å². The molecular weight excluding hydrogens is 308 g/mol. The van der Waals surface area contributed by atoms with E-state index in [1.807, 2.05) is 6.92 Å². The van der Waals surface area contributed by atoms with Gasteiger partial charge in [0.05, 0.1) is 22.6 Å². The summed E-state index contributed by atoms with van der Waals surface area (Å²) in [6, 6.07) is 1.86. The van der Waals surface area contributed by atoms with E-state index in [4.69, 9.17) is 10.3 Å². The number of nitrogens with two attached hydrogens (primary N) is 1. The van der Waals surface area contributed by atoms with Crippen molar-refractivity contribution in [3.05, 3.63) is 23.5 Å². The number of likely N-dealkylation sites (tertiary alicyclic amines) is 1. The predicted molar refractivity (Wildman–Crippen MR) is 88.2 cm³/mol. The van der Waals surface area contributed by atoms with Crippen LogP contribution in [0.2, 0.25) is 0 Å². The van der Waals surface area contributed by atoms with Gasteiger partial charge in [0.1, 0.15) is 0 Å². The van der Waals surface area contributed by atoms with Gasteiger partial charge in [-0.1, -0.05) is 18.5 Å². The van der Waals surface area contributed by atoms with Crippen LogP contribution in [0.1, 0.15) is 49.2 Å². The van der Waals surface area contributed by atoms with Gasteiger partial charge in [-0.3, -0.25) is 9.59 Å². The number of carbonyl (C=O) groups excluding carboxylic acids is 2. The van der Waals surface area contributed by atoms with Crippen molar-refractivity contribution in [2.45, 2.75) is 45.6 Å². The van der Waals surface area contributed by atoms with E-state index >= 15 is 0 Å². The number of hydrogen-bond acceptors (Lipinski definition) is 5. The van der Waals surface area contributed by atoms with Crippen LogP contribution in [0.3, 0.4) is 0 Å². The Balaban J connectivity index is 1.89. The first-order chi connectivity index (χ1) is 11.5. The third kappa shape index (κ3) is 2.98. The Labute approximate surface area is 140 Å². The summed E-state index contributed by atoms with van der Waals surface area (Å²) in [5.41, 5.74) is 7.16. The van der Waals surface area contributed by atoms with E-state index in [0.717, 1.165) is 36.8 Å². The summed E-state index contributed by atoms with van der Waals surface area (Å²) in [5.74, 6) is -0.767. The summed E-state index contributed by atoms with van der Waals surface area (Å²) in [4.78, 5) is 30.3. The van der Waals surface area contributed by atoms with Crippen LogP contribution >= 0.6 is 0 Å². The molecule has 2 N–H and O–H groups in total. The van der Waals surface area contributed by atoms with Gasteiger partial charge in [-0.25, -0.2) is 4.98 Å². The van der Waals surface area contributed by atoms with E-state index in [1.165, 1.54) is 6.20 Å². The van der Waals surface area contributed by atoms with Crippen molar-refractivity contribution in [1.82, 2.24) is 15.0 Å². The zero-order valence-corrected chi connectivity index (χ0v) is 14.0. The number of aryl methyl sites for hydroxylation is 1. The van der Waals surface area contributed by atoms with Gasteiger partial charge >= 0.3 is 0 Å². The van der Waals surface area contributed by atoms with Crippen molar-refractivity contribution in [3.8, 4) is 0 Å². The van der Waals surface area contributed by atoms with E-state index in [-0.39, 0.29) is 23.8 Å². The number of fused-ring (bicyclic) bond motifs is 1. The average Bonchev–Trinajstić information content (AvgIpc) is 2.97. The highest BCUT2D eigenvalue weighted by atomic mass is 16.5. The third-order valence-electron chi connectivity index (χ3n) is 4.68. The van der Waals surface area contributed by atoms with Crippen molar-refractivity contribution in [2.24, 2.45) is 11.7 Å². The van der Waals surface area contributed by atoms with Gasteiger partial charge in [-0.15, -0.1) is 0 Å². The standard InChI is InChI=1S/C17H22N4O3/c1-3-4-14-13-7-12(8-19-16(13)24-20-14)17(23)21-9-11(15(18)22)6-5-10(21)2/h7-8,10-11H,3-6,9H2,1-2H3,(H2,18,22)/t10-,11+/m0/s1. The topological polar surface area (TPSA) is 102 Å². The number of pyridine rings is 1. The number of rotatable bonds is 4. The van der Waals surface area contributed by atoms with Gasteiger partial charge in [-0.2, -0.15) is 0 Å². The minimum Gasteiger partial charge on any atom is -0.369 e. The summed E-state index contributed by atoms with van der Waals surface area (Å²) >= 11 is 0. The molecule has 1 aliphatic rings. The van der Waals surface area contributed by atoms with Gasteiger partial charge in [0.25, 0.3) is 11.6 Å². The van der Waals surface area contributed by atoms with Crippen LogP contribution in [0.15, 0.2) is 16.8 Å². The minimum atomic E-state index is -0.349. The Bertz CT molecular complexity index is 770. The predicted octanol–water partition coefficient (Wildman–Crippen LogP) is 1.90. The van der Waals surface area contributed by atoms with Gasteiger partial charge in [-0.05, 0) is 32.3 Å². The van der Waals surface area contributed by atoms with Crippen LogP contribution in [0.25, 0.3) is 11.1 Å². The van der Waals surface area contributed by atoms with Crippen LogP contribution in [0.5, 0.6) is 0 Å². The summed E-state index contributed by atoms with van der Waals surface area (Å²) < 4.78 is 5.20. The van der Waals surface area contributed by atoms with Crippen molar-refractivity contribution in [3.63, 3.8) is 0 Å². The van der Waals surface area contributed by atoms with E-state index < -0.39 is 0 Å². The number of carbonyl (C=O) groups is 2. The van der Waals surface area contributed by atoms with Crippen LogP contribution in [-0.4, -0.2) is 39.4 Å². The monoisotopic (exact) mass is 330 g/mol. The zero-order valence-electron chi connectivity index (χ0n) is 14.0. The second kappa shape index (κ2) is 6.59. The Morgan fingerprint density at radius 1 is 1.42 bits per heavy atom. The smallest absolute Gasteiger partial charge is 0.257 e. The molecule has 0 bridgehead atoms. The molecule has 2 atom stereocenters. The van der Waals surface area contributed by atoms with Crippen LogP contribution in [-0.2, 0) is 11.2 Å². The fourth-order valence-electron chi connectivity index (χ4n) is 3.20. The first kappa shape index (κ1) is 16.4.